The minimum absolute atomic E-state index is 0.134. The highest BCUT2D eigenvalue weighted by Crippen LogP contribution is 2.23. The molecule has 4 rings (SSSR count). The zero-order valence-corrected chi connectivity index (χ0v) is 13.8. The Morgan fingerprint density at radius 2 is 1.58 bits per heavy atom. The molecule has 0 radical (unpaired) electrons. The van der Waals surface area contributed by atoms with E-state index >= 15 is 0 Å². The summed E-state index contributed by atoms with van der Waals surface area (Å²) in [4.78, 5) is 16.9. The number of rotatable bonds is 3. The molecule has 1 atom stereocenters. The number of hydrogen-bond donors (Lipinski definition) is 1. The molecule has 124 valence electrons. The van der Waals surface area contributed by atoms with E-state index in [0.29, 0.717) is 12.1 Å². The van der Waals surface area contributed by atoms with Gasteiger partial charge in [-0.15, -0.1) is 0 Å². The molecule has 2 aromatic carbocycles. The second kappa shape index (κ2) is 6.38. The molecule has 4 nitrogen and oxygen atoms in total. The van der Waals surface area contributed by atoms with Gasteiger partial charge in [0, 0.05) is 43.8 Å². The number of nitrogens with zero attached hydrogens (tertiary/aromatic N) is 2. The van der Waals surface area contributed by atoms with E-state index in [9.17, 15) is 4.79 Å². The maximum Gasteiger partial charge on any atom is 0.253 e. The molecule has 2 N–H and O–H groups in total. The number of nitrogens with two attached hydrogens (primary N) is 1. The summed E-state index contributed by atoms with van der Waals surface area (Å²) >= 11 is 0. The Hall–Kier alpha value is -2.17. The summed E-state index contributed by atoms with van der Waals surface area (Å²) in [5.74, 6) is 0.134. The Labute approximate surface area is 142 Å². The summed E-state index contributed by atoms with van der Waals surface area (Å²) < 4.78 is 0. The Balaban J connectivity index is 1.37. The van der Waals surface area contributed by atoms with Gasteiger partial charge in [-0.05, 0) is 29.7 Å². The van der Waals surface area contributed by atoms with Crippen LogP contribution in [0.4, 0.5) is 0 Å². The van der Waals surface area contributed by atoms with Crippen LogP contribution in [0, 0.1) is 0 Å². The normalized spacial score (nSPS) is 21.7. The van der Waals surface area contributed by atoms with Gasteiger partial charge in [0.05, 0.1) is 0 Å². The van der Waals surface area contributed by atoms with Gasteiger partial charge in [0.15, 0.2) is 0 Å². The summed E-state index contributed by atoms with van der Waals surface area (Å²) in [6.07, 6.45) is 1.07. The SMILES string of the molecule is NC1CCN(C2CN(C(=O)c3ccc(-c4ccccc4)cc3)C2)C1. The molecular formula is C20H23N3O. The molecule has 0 aromatic heterocycles. The fourth-order valence-electron chi connectivity index (χ4n) is 3.62. The van der Waals surface area contributed by atoms with Crippen molar-refractivity contribution in [2.24, 2.45) is 5.73 Å². The van der Waals surface area contributed by atoms with Gasteiger partial charge >= 0.3 is 0 Å². The van der Waals surface area contributed by atoms with Crippen LogP contribution in [-0.2, 0) is 0 Å². The van der Waals surface area contributed by atoms with Crippen LogP contribution in [-0.4, -0.2) is 54.0 Å². The minimum Gasteiger partial charge on any atom is -0.335 e. The van der Waals surface area contributed by atoms with Crippen LogP contribution in [0.25, 0.3) is 11.1 Å². The van der Waals surface area contributed by atoms with Crippen LogP contribution in [0.2, 0.25) is 0 Å². The fourth-order valence-corrected chi connectivity index (χ4v) is 3.62. The number of amides is 1. The van der Waals surface area contributed by atoms with Crippen LogP contribution in [0.3, 0.4) is 0 Å². The zero-order valence-electron chi connectivity index (χ0n) is 13.8. The van der Waals surface area contributed by atoms with Crippen molar-refractivity contribution in [2.75, 3.05) is 26.2 Å². The van der Waals surface area contributed by atoms with Crippen LogP contribution in [0.5, 0.6) is 0 Å². The highest BCUT2D eigenvalue weighted by Gasteiger charge is 2.37. The number of carbonyl (C=O) groups excluding carboxylic acids is 1. The quantitative estimate of drug-likeness (QED) is 0.943. The first kappa shape index (κ1) is 15.4. The lowest BCUT2D eigenvalue weighted by Crippen LogP contribution is -2.60. The third kappa shape index (κ3) is 2.95. The molecule has 0 spiro atoms. The van der Waals surface area contributed by atoms with Crippen molar-refractivity contribution in [1.82, 2.24) is 9.80 Å². The summed E-state index contributed by atoms with van der Waals surface area (Å²) in [5.41, 5.74) is 9.05. The van der Waals surface area contributed by atoms with E-state index in [1.807, 2.05) is 47.4 Å². The van der Waals surface area contributed by atoms with Gasteiger partial charge in [0.1, 0.15) is 0 Å². The standard InChI is InChI=1S/C20H23N3O/c21-18-10-11-22(12-18)19-13-23(14-19)20(24)17-8-6-16(7-9-17)15-4-2-1-3-5-15/h1-9,18-19H,10-14,21H2. The molecule has 2 aliphatic heterocycles. The molecular weight excluding hydrogens is 298 g/mol. The van der Waals surface area contributed by atoms with Crippen molar-refractivity contribution in [3.63, 3.8) is 0 Å². The summed E-state index contributed by atoms with van der Waals surface area (Å²) in [7, 11) is 0. The number of carbonyl (C=O) groups is 1. The number of hydrogen-bond acceptors (Lipinski definition) is 3. The topological polar surface area (TPSA) is 49.6 Å². The van der Waals surface area contributed by atoms with E-state index in [4.69, 9.17) is 5.73 Å². The van der Waals surface area contributed by atoms with E-state index in [0.717, 1.165) is 43.7 Å². The maximum atomic E-state index is 12.6. The van der Waals surface area contributed by atoms with Gasteiger partial charge in [-0.1, -0.05) is 42.5 Å². The fraction of sp³-hybridized carbons (Fsp3) is 0.350. The monoisotopic (exact) mass is 321 g/mol. The van der Waals surface area contributed by atoms with Crippen molar-refractivity contribution in [1.29, 1.82) is 0 Å². The Kier molecular flexibility index (Phi) is 4.08. The van der Waals surface area contributed by atoms with Crippen LogP contribution in [0.1, 0.15) is 16.8 Å². The molecule has 1 unspecified atom stereocenters. The van der Waals surface area contributed by atoms with Gasteiger partial charge in [0.25, 0.3) is 5.91 Å². The molecule has 2 aromatic rings. The van der Waals surface area contributed by atoms with Crippen molar-refractivity contribution in [3.8, 4) is 11.1 Å². The lowest BCUT2D eigenvalue weighted by molar-refractivity contribution is 0.0331. The largest absolute Gasteiger partial charge is 0.335 e. The minimum atomic E-state index is 0.134. The smallest absolute Gasteiger partial charge is 0.253 e. The first-order valence-corrected chi connectivity index (χ1v) is 8.65. The van der Waals surface area contributed by atoms with Crippen LogP contribution >= 0.6 is 0 Å². The molecule has 0 bridgehead atoms. The first-order chi connectivity index (χ1) is 11.7. The molecule has 24 heavy (non-hydrogen) atoms. The Morgan fingerprint density at radius 3 is 2.21 bits per heavy atom. The first-order valence-electron chi connectivity index (χ1n) is 8.65. The molecule has 1 amide bonds. The Morgan fingerprint density at radius 1 is 0.917 bits per heavy atom. The van der Waals surface area contributed by atoms with Gasteiger partial charge in [-0.25, -0.2) is 0 Å². The molecule has 0 aliphatic carbocycles. The molecule has 0 saturated carbocycles. The second-order valence-electron chi connectivity index (χ2n) is 6.85. The van der Waals surface area contributed by atoms with Crippen molar-refractivity contribution in [3.05, 3.63) is 60.2 Å². The van der Waals surface area contributed by atoms with Gasteiger partial charge in [-0.3, -0.25) is 9.69 Å². The molecule has 2 saturated heterocycles. The summed E-state index contributed by atoms with van der Waals surface area (Å²) in [6, 6.07) is 18.9. The number of likely N-dealkylation sites (tertiary alicyclic amines) is 2. The van der Waals surface area contributed by atoms with Crippen LogP contribution < -0.4 is 5.73 Å². The van der Waals surface area contributed by atoms with E-state index in [1.54, 1.807) is 0 Å². The van der Waals surface area contributed by atoms with Crippen molar-refractivity contribution < 1.29 is 4.79 Å². The predicted molar refractivity (Wildman–Crippen MR) is 95.7 cm³/mol. The highest BCUT2D eigenvalue weighted by molar-refractivity contribution is 5.95. The lowest BCUT2D eigenvalue weighted by Gasteiger charge is -2.44. The van der Waals surface area contributed by atoms with Crippen molar-refractivity contribution in [2.45, 2.75) is 18.5 Å². The maximum absolute atomic E-state index is 12.6. The zero-order chi connectivity index (χ0) is 16.5. The van der Waals surface area contributed by atoms with E-state index in [-0.39, 0.29) is 5.91 Å². The third-order valence-electron chi connectivity index (χ3n) is 5.16. The van der Waals surface area contributed by atoms with Gasteiger partial charge in [-0.2, -0.15) is 0 Å². The summed E-state index contributed by atoms with van der Waals surface area (Å²) in [5, 5.41) is 0. The van der Waals surface area contributed by atoms with E-state index in [1.165, 1.54) is 5.56 Å². The van der Waals surface area contributed by atoms with Crippen molar-refractivity contribution >= 4 is 5.91 Å². The van der Waals surface area contributed by atoms with Gasteiger partial charge < -0.3 is 10.6 Å². The Bertz CT molecular complexity index is 707. The summed E-state index contributed by atoms with van der Waals surface area (Å²) in [6.45, 7) is 3.69. The average Bonchev–Trinajstić information content (AvgIpc) is 3.00. The molecule has 4 heteroatoms. The lowest BCUT2D eigenvalue weighted by atomic mass is 10.0. The van der Waals surface area contributed by atoms with E-state index < -0.39 is 0 Å². The second-order valence-corrected chi connectivity index (χ2v) is 6.85. The van der Waals surface area contributed by atoms with Crippen LogP contribution in [0.15, 0.2) is 54.6 Å². The van der Waals surface area contributed by atoms with Gasteiger partial charge in [0.2, 0.25) is 0 Å². The average molecular weight is 321 g/mol. The van der Waals surface area contributed by atoms with E-state index in [2.05, 4.69) is 17.0 Å². The number of benzene rings is 2. The molecule has 2 heterocycles. The predicted octanol–water partition coefficient (Wildman–Crippen LogP) is 2.21. The molecule has 2 fully saturated rings. The molecule has 2 aliphatic rings. The third-order valence-corrected chi connectivity index (χ3v) is 5.16. The highest BCUT2D eigenvalue weighted by atomic mass is 16.2.